The number of unbranched alkanes of at least 4 members (excludes halogenated alkanes) is 22. The first-order chi connectivity index (χ1) is 30.5. The number of nitrogens with one attached hydrogen (secondary N) is 1. The van der Waals surface area contributed by atoms with Gasteiger partial charge in [0.05, 0.1) is 32.0 Å². The van der Waals surface area contributed by atoms with E-state index in [1.54, 1.807) is 6.08 Å². The van der Waals surface area contributed by atoms with Crippen LogP contribution in [-0.4, -0.2) is 140 Å². The van der Waals surface area contributed by atoms with Crippen LogP contribution < -0.4 is 5.32 Å². The van der Waals surface area contributed by atoms with Crippen molar-refractivity contribution in [3.8, 4) is 0 Å². The van der Waals surface area contributed by atoms with Crippen LogP contribution >= 0.6 is 0 Å². The number of amides is 1. The van der Waals surface area contributed by atoms with Gasteiger partial charge in [0.1, 0.15) is 48.8 Å². The van der Waals surface area contributed by atoms with Gasteiger partial charge in [-0.15, -0.1) is 0 Å². The van der Waals surface area contributed by atoms with E-state index in [0.29, 0.717) is 6.42 Å². The van der Waals surface area contributed by atoms with Gasteiger partial charge in [0.25, 0.3) is 0 Å². The molecule has 0 aromatic heterocycles. The van der Waals surface area contributed by atoms with E-state index < -0.39 is 92.7 Å². The summed E-state index contributed by atoms with van der Waals surface area (Å²) in [5.41, 5.74) is 0. The fourth-order valence-corrected chi connectivity index (χ4v) is 8.12. The summed E-state index contributed by atoms with van der Waals surface area (Å²) >= 11 is 0. The molecule has 0 aromatic carbocycles. The zero-order valence-electron chi connectivity index (χ0n) is 38.8. The van der Waals surface area contributed by atoms with Gasteiger partial charge in [-0.25, -0.2) is 0 Å². The van der Waals surface area contributed by atoms with E-state index in [0.717, 1.165) is 25.7 Å². The number of aliphatic hydroxyl groups is 8. The fraction of sp³-hybridized carbons (Fsp3) is 0.857. The summed E-state index contributed by atoms with van der Waals surface area (Å²) < 4.78 is 22.2. The molecule has 2 aliphatic rings. The third-order valence-corrected chi connectivity index (χ3v) is 12.1. The quantitative estimate of drug-likeness (QED) is 0.0261. The van der Waals surface area contributed by atoms with Crippen LogP contribution in [0.25, 0.3) is 0 Å². The largest absolute Gasteiger partial charge is 0.394 e. The van der Waals surface area contributed by atoms with Gasteiger partial charge in [0.15, 0.2) is 12.6 Å². The SMILES string of the molecule is CCCCCCCCCCCCCCCCCCCCCC/C=C/CC/C=C/CC/C=C/C(O)C(COC1OC(CO)C(OC2OC(CO)C(O)C(O)C2O)C(O)C1O)NC(C)=O. The van der Waals surface area contributed by atoms with Gasteiger partial charge in [0, 0.05) is 6.92 Å². The minimum Gasteiger partial charge on any atom is -0.394 e. The summed E-state index contributed by atoms with van der Waals surface area (Å²) in [5, 5.41) is 85.0. The highest BCUT2D eigenvalue weighted by molar-refractivity contribution is 5.73. The standard InChI is InChI=1S/C49H89NO13/c1-3-4-5-6-7-8-9-10-11-12-13-14-15-16-17-18-19-20-21-22-23-24-25-26-27-28-29-30-31-32-33-39(54)38(50-37(2)53)36-60-48-46(59)44(57)47(41(35-52)62-48)63-49-45(58)43(56)42(55)40(34-51)61-49/h24-25,28-29,32-33,38-49,51-52,54-59H,3-23,26-27,30-31,34-36H2,1-2H3,(H,50,53)/b25-24+,29-28+,33-32+. The summed E-state index contributed by atoms with van der Waals surface area (Å²) in [6.45, 7) is 1.80. The van der Waals surface area contributed by atoms with Crippen LogP contribution in [0.15, 0.2) is 36.5 Å². The maximum absolute atomic E-state index is 11.9. The molecule has 14 nitrogen and oxygen atoms in total. The van der Waals surface area contributed by atoms with Crippen molar-refractivity contribution in [3.05, 3.63) is 36.5 Å². The van der Waals surface area contributed by atoms with Crippen LogP contribution in [0.2, 0.25) is 0 Å². The van der Waals surface area contributed by atoms with Gasteiger partial charge < -0.3 is 65.1 Å². The Hall–Kier alpha value is -1.79. The van der Waals surface area contributed by atoms with Gasteiger partial charge in [-0.1, -0.05) is 165 Å². The molecule has 2 heterocycles. The molecule has 2 rings (SSSR count). The average Bonchev–Trinajstić information content (AvgIpc) is 3.27. The molecule has 0 bridgehead atoms. The molecule has 2 fully saturated rings. The highest BCUT2D eigenvalue weighted by atomic mass is 16.7. The molecule has 0 radical (unpaired) electrons. The molecule has 2 aliphatic heterocycles. The van der Waals surface area contributed by atoms with Crippen LogP contribution in [0.1, 0.15) is 174 Å². The summed E-state index contributed by atoms with van der Waals surface area (Å²) in [7, 11) is 0. The monoisotopic (exact) mass is 900 g/mol. The predicted octanol–water partition coefficient (Wildman–Crippen LogP) is 5.93. The van der Waals surface area contributed by atoms with E-state index >= 15 is 0 Å². The van der Waals surface area contributed by atoms with Crippen molar-refractivity contribution in [1.82, 2.24) is 5.32 Å². The fourth-order valence-electron chi connectivity index (χ4n) is 8.12. The van der Waals surface area contributed by atoms with Crippen molar-refractivity contribution in [1.29, 1.82) is 0 Å². The first-order valence-corrected chi connectivity index (χ1v) is 24.7. The van der Waals surface area contributed by atoms with Crippen molar-refractivity contribution in [2.24, 2.45) is 0 Å². The number of carbonyl (C=O) groups is 1. The Labute approximate surface area is 379 Å². The van der Waals surface area contributed by atoms with E-state index in [9.17, 15) is 45.6 Å². The topological polar surface area (TPSA) is 228 Å². The Morgan fingerprint density at radius 3 is 1.46 bits per heavy atom. The number of carbonyl (C=O) groups excluding carboxylic acids is 1. The lowest BCUT2D eigenvalue weighted by Crippen LogP contribution is -2.65. The van der Waals surface area contributed by atoms with Crippen molar-refractivity contribution in [3.63, 3.8) is 0 Å². The zero-order chi connectivity index (χ0) is 46.1. The van der Waals surface area contributed by atoms with Crippen molar-refractivity contribution < 1.29 is 64.6 Å². The summed E-state index contributed by atoms with van der Waals surface area (Å²) in [5.74, 6) is -0.430. The Bertz CT molecular complexity index is 1200. The van der Waals surface area contributed by atoms with Crippen LogP contribution in [0.4, 0.5) is 0 Å². The summed E-state index contributed by atoms with van der Waals surface area (Å²) in [6, 6.07) is -0.937. The zero-order valence-corrected chi connectivity index (χ0v) is 38.8. The highest BCUT2D eigenvalue weighted by Crippen LogP contribution is 2.30. The molecule has 12 atom stereocenters. The first-order valence-electron chi connectivity index (χ1n) is 24.7. The number of hydrogen-bond donors (Lipinski definition) is 9. The summed E-state index contributed by atoms with van der Waals surface area (Å²) in [6.07, 6.45) is 27.6. The molecular formula is C49H89NO13. The molecule has 14 heteroatoms. The number of aliphatic hydroxyl groups excluding tert-OH is 8. The maximum atomic E-state index is 11.9. The van der Waals surface area contributed by atoms with E-state index in [-0.39, 0.29) is 6.61 Å². The second-order valence-corrected chi connectivity index (χ2v) is 17.7. The molecular weight excluding hydrogens is 811 g/mol. The lowest BCUT2D eigenvalue weighted by Gasteiger charge is -2.46. The molecule has 12 unspecified atom stereocenters. The van der Waals surface area contributed by atoms with Gasteiger partial charge in [-0.05, 0) is 38.5 Å². The lowest BCUT2D eigenvalue weighted by molar-refractivity contribution is -0.359. The third-order valence-electron chi connectivity index (χ3n) is 12.1. The van der Waals surface area contributed by atoms with Gasteiger partial charge in [-0.3, -0.25) is 4.79 Å². The molecule has 368 valence electrons. The number of hydrogen-bond acceptors (Lipinski definition) is 13. The minimum atomic E-state index is -1.79. The third kappa shape index (κ3) is 24.5. The second-order valence-electron chi connectivity index (χ2n) is 17.7. The predicted molar refractivity (Wildman–Crippen MR) is 244 cm³/mol. The van der Waals surface area contributed by atoms with Gasteiger partial charge in [0.2, 0.25) is 5.91 Å². The lowest BCUT2D eigenvalue weighted by atomic mass is 9.97. The van der Waals surface area contributed by atoms with Crippen LogP contribution in [0, 0.1) is 0 Å². The van der Waals surface area contributed by atoms with E-state index in [1.165, 1.54) is 135 Å². The number of ether oxygens (including phenoxy) is 4. The van der Waals surface area contributed by atoms with Gasteiger partial charge in [-0.2, -0.15) is 0 Å². The normalized spacial score (nSPS) is 27.8. The Balaban J connectivity index is 1.53. The molecule has 1 amide bonds. The highest BCUT2D eigenvalue weighted by Gasteiger charge is 2.50. The smallest absolute Gasteiger partial charge is 0.217 e. The first kappa shape index (κ1) is 57.3. The van der Waals surface area contributed by atoms with E-state index in [4.69, 9.17) is 18.9 Å². The van der Waals surface area contributed by atoms with Crippen LogP contribution in [-0.2, 0) is 23.7 Å². The van der Waals surface area contributed by atoms with E-state index in [2.05, 4.69) is 36.5 Å². The average molecular weight is 900 g/mol. The number of rotatable bonds is 37. The molecule has 0 spiro atoms. The second kappa shape index (κ2) is 36.3. The van der Waals surface area contributed by atoms with Crippen molar-refractivity contribution in [2.75, 3.05) is 19.8 Å². The molecule has 0 saturated carbocycles. The minimum absolute atomic E-state index is 0.330. The van der Waals surface area contributed by atoms with Crippen LogP contribution in [0.3, 0.4) is 0 Å². The Morgan fingerprint density at radius 1 is 0.556 bits per heavy atom. The van der Waals surface area contributed by atoms with E-state index in [1.807, 2.05) is 6.08 Å². The molecule has 9 N–H and O–H groups in total. The van der Waals surface area contributed by atoms with Gasteiger partial charge >= 0.3 is 0 Å². The molecule has 0 aliphatic carbocycles. The maximum Gasteiger partial charge on any atom is 0.217 e. The number of allylic oxidation sites excluding steroid dienone is 5. The van der Waals surface area contributed by atoms with Crippen molar-refractivity contribution >= 4 is 5.91 Å². The molecule has 2 saturated heterocycles. The summed E-state index contributed by atoms with van der Waals surface area (Å²) in [4.78, 5) is 11.9. The Kier molecular flexibility index (Phi) is 33.1. The molecule has 63 heavy (non-hydrogen) atoms. The Morgan fingerprint density at radius 2 is 0.984 bits per heavy atom. The van der Waals surface area contributed by atoms with Crippen LogP contribution in [0.5, 0.6) is 0 Å². The van der Waals surface area contributed by atoms with Crippen molar-refractivity contribution in [2.45, 2.75) is 248 Å². The molecule has 0 aromatic rings.